The molecule has 3 rings (SSSR count). The lowest BCUT2D eigenvalue weighted by molar-refractivity contribution is 0.0572. The van der Waals surface area contributed by atoms with Crippen molar-refractivity contribution in [2.75, 3.05) is 24.5 Å². The molecule has 0 spiro atoms. The predicted octanol–water partition coefficient (Wildman–Crippen LogP) is 0.398. The summed E-state index contributed by atoms with van der Waals surface area (Å²) in [7, 11) is 0. The van der Waals surface area contributed by atoms with Crippen molar-refractivity contribution in [1.29, 1.82) is 0 Å². The summed E-state index contributed by atoms with van der Waals surface area (Å²) < 4.78 is 5.01. The molecule has 1 saturated heterocycles. The van der Waals surface area contributed by atoms with Crippen LogP contribution in [0, 0.1) is 0 Å². The van der Waals surface area contributed by atoms with Crippen LogP contribution in [0.2, 0.25) is 0 Å². The van der Waals surface area contributed by atoms with Crippen LogP contribution in [0.25, 0.3) is 0 Å². The van der Waals surface area contributed by atoms with Gasteiger partial charge >= 0.3 is 0 Å². The van der Waals surface area contributed by atoms with Crippen molar-refractivity contribution in [3.8, 4) is 0 Å². The molecule has 8 heteroatoms. The molecule has 1 aliphatic heterocycles. The van der Waals surface area contributed by atoms with Crippen LogP contribution < -0.4 is 10.2 Å². The maximum atomic E-state index is 12.0. The van der Waals surface area contributed by atoms with Gasteiger partial charge in [-0.1, -0.05) is 12.1 Å². The summed E-state index contributed by atoms with van der Waals surface area (Å²) >= 11 is 0. The minimum Gasteiger partial charge on any atom is -0.386 e. The number of hydrogen-bond donors (Lipinski definition) is 2. The molecule has 3 heterocycles. The minimum absolute atomic E-state index is 0.142. The Morgan fingerprint density at radius 1 is 1.48 bits per heavy atom. The molecule has 0 aliphatic carbocycles. The number of nitrogens with one attached hydrogen (secondary N) is 1. The van der Waals surface area contributed by atoms with E-state index in [1.165, 1.54) is 0 Å². The standard InChI is InChI=1S/C15H19N5O3/c1-2-11-8-12(19-23-11)13(21)18-9-15(22)4-7-20(10-15)14-16-5-3-6-17-14/h3,5-6,8,22H,2,4,7,9-10H2,1H3,(H,18,21)/t15-/m0/s1. The second-order valence-electron chi connectivity index (χ2n) is 5.66. The van der Waals surface area contributed by atoms with Crippen molar-refractivity contribution in [2.45, 2.75) is 25.4 Å². The van der Waals surface area contributed by atoms with Gasteiger partial charge in [-0.2, -0.15) is 0 Å². The summed E-state index contributed by atoms with van der Waals surface area (Å²) in [5.41, 5.74) is -0.779. The molecule has 1 atom stereocenters. The zero-order chi connectivity index (χ0) is 16.3. The van der Waals surface area contributed by atoms with Crippen molar-refractivity contribution in [3.05, 3.63) is 36.0 Å². The highest BCUT2D eigenvalue weighted by Crippen LogP contribution is 2.23. The second-order valence-corrected chi connectivity index (χ2v) is 5.66. The molecule has 2 N–H and O–H groups in total. The van der Waals surface area contributed by atoms with Crippen molar-refractivity contribution < 1.29 is 14.4 Å². The fourth-order valence-electron chi connectivity index (χ4n) is 2.55. The van der Waals surface area contributed by atoms with Crippen LogP contribution in [0.15, 0.2) is 29.0 Å². The summed E-state index contributed by atoms with van der Waals surface area (Å²) in [6.45, 7) is 3.07. The molecular formula is C15H19N5O3. The van der Waals surface area contributed by atoms with E-state index in [4.69, 9.17) is 4.52 Å². The van der Waals surface area contributed by atoms with Gasteiger partial charge in [0.2, 0.25) is 5.95 Å². The average molecular weight is 317 g/mol. The highest BCUT2D eigenvalue weighted by atomic mass is 16.5. The molecule has 1 fully saturated rings. The number of aliphatic hydroxyl groups is 1. The number of hydrogen-bond acceptors (Lipinski definition) is 7. The number of carbonyl (C=O) groups excluding carboxylic acids is 1. The first-order chi connectivity index (χ1) is 11.1. The van der Waals surface area contributed by atoms with Crippen LogP contribution in [-0.4, -0.2) is 51.4 Å². The van der Waals surface area contributed by atoms with Crippen molar-refractivity contribution in [3.63, 3.8) is 0 Å². The number of β-amino-alcohol motifs (C(OH)–C–C–N with tert-alkyl or cyclic N) is 1. The van der Waals surface area contributed by atoms with Gasteiger partial charge in [0.05, 0.1) is 6.54 Å². The van der Waals surface area contributed by atoms with Crippen molar-refractivity contribution >= 4 is 11.9 Å². The normalized spacial score (nSPS) is 20.7. The largest absolute Gasteiger partial charge is 0.386 e. The molecular weight excluding hydrogens is 298 g/mol. The molecule has 0 saturated carbocycles. The molecule has 0 unspecified atom stereocenters. The van der Waals surface area contributed by atoms with Crippen LogP contribution in [0.4, 0.5) is 5.95 Å². The van der Waals surface area contributed by atoms with Crippen LogP contribution in [0.1, 0.15) is 29.6 Å². The molecule has 1 amide bonds. The van der Waals surface area contributed by atoms with Crippen molar-refractivity contribution in [1.82, 2.24) is 20.4 Å². The quantitative estimate of drug-likeness (QED) is 0.822. The Morgan fingerprint density at radius 3 is 2.96 bits per heavy atom. The van der Waals surface area contributed by atoms with Gasteiger partial charge in [0.25, 0.3) is 5.91 Å². The Labute approximate surface area is 133 Å². The maximum Gasteiger partial charge on any atom is 0.273 e. The average Bonchev–Trinajstić information content (AvgIpc) is 3.21. The van der Waals surface area contributed by atoms with Gasteiger partial charge in [0.15, 0.2) is 5.69 Å². The number of aryl methyl sites for hydroxylation is 1. The van der Waals surface area contributed by atoms with Crippen LogP contribution in [-0.2, 0) is 6.42 Å². The van der Waals surface area contributed by atoms with Crippen LogP contribution in [0.3, 0.4) is 0 Å². The number of aromatic nitrogens is 3. The first kappa shape index (κ1) is 15.4. The van der Waals surface area contributed by atoms with Gasteiger partial charge in [0.1, 0.15) is 11.4 Å². The highest BCUT2D eigenvalue weighted by molar-refractivity contribution is 5.92. The Bertz CT molecular complexity index is 675. The summed E-state index contributed by atoms with van der Waals surface area (Å²) in [4.78, 5) is 22.3. The first-order valence-electron chi connectivity index (χ1n) is 7.58. The van der Waals surface area contributed by atoms with E-state index in [-0.39, 0.29) is 18.1 Å². The highest BCUT2D eigenvalue weighted by Gasteiger charge is 2.37. The number of amides is 1. The van der Waals surface area contributed by atoms with E-state index in [1.807, 2.05) is 11.8 Å². The lowest BCUT2D eigenvalue weighted by Crippen LogP contribution is -2.45. The van der Waals surface area contributed by atoms with Crippen LogP contribution in [0.5, 0.6) is 0 Å². The fourth-order valence-corrected chi connectivity index (χ4v) is 2.55. The summed E-state index contributed by atoms with van der Waals surface area (Å²) in [5, 5.41) is 17.0. The molecule has 0 aromatic carbocycles. The van der Waals surface area contributed by atoms with E-state index in [2.05, 4.69) is 20.4 Å². The molecule has 23 heavy (non-hydrogen) atoms. The van der Waals surface area contributed by atoms with Crippen LogP contribution >= 0.6 is 0 Å². The first-order valence-corrected chi connectivity index (χ1v) is 7.58. The smallest absolute Gasteiger partial charge is 0.273 e. The topological polar surface area (TPSA) is 104 Å². The molecule has 2 aromatic rings. The molecule has 2 aromatic heterocycles. The third kappa shape index (κ3) is 3.48. The van der Waals surface area contributed by atoms with Gasteiger partial charge in [0, 0.05) is 38.0 Å². The molecule has 8 nitrogen and oxygen atoms in total. The summed E-state index contributed by atoms with van der Waals surface area (Å²) in [5.74, 6) is 0.886. The number of carbonyl (C=O) groups is 1. The summed E-state index contributed by atoms with van der Waals surface area (Å²) in [6.07, 6.45) is 4.54. The second kappa shape index (κ2) is 6.33. The zero-order valence-electron chi connectivity index (χ0n) is 12.9. The third-order valence-corrected chi connectivity index (χ3v) is 3.89. The molecule has 122 valence electrons. The van der Waals surface area contributed by atoms with Gasteiger partial charge in [-0.05, 0) is 12.5 Å². The van der Waals surface area contributed by atoms with Crippen molar-refractivity contribution in [2.24, 2.45) is 0 Å². The summed E-state index contributed by atoms with van der Waals surface area (Å²) in [6, 6.07) is 3.35. The Balaban J connectivity index is 1.56. The Kier molecular flexibility index (Phi) is 4.24. The SMILES string of the molecule is CCc1cc(C(=O)NC[C@@]2(O)CCN(c3ncccn3)C2)no1. The molecule has 0 radical (unpaired) electrons. The maximum absolute atomic E-state index is 12.0. The van der Waals surface area contributed by atoms with Gasteiger partial charge in [-0.3, -0.25) is 4.79 Å². The van der Waals surface area contributed by atoms with E-state index >= 15 is 0 Å². The number of anilines is 1. The van der Waals surface area contributed by atoms with Gasteiger partial charge < -0.3 is 19.8 Å². The Morgan fingerprint density at radius 2 is 2.26 bits per heavy atom. The predicted molar refractivity (Wildman–Crippen MR) is 82.0 cm³/mol. The van der Waals surface area contributed by atoms with Gasteiger partial charge in [-0.25, -0.2) is 9.97 Å². The Hall–Kier alpha value is -2.48. The fraction of sp³-hybridized carbons (Fsp3) is 0.467. The minimum atomic E-state index is -1.01. The van der Waals surface area contributed by atoms with E-state index in [0.29, 0.717) is 37.6 Å². The van der Waals surface area contributed by atoms with E-state index in [9.17, 15) is 9.90 Å². The lowest BCUT2D eigenvalue weighted by atomic mass is 10.0. The molecule has 1 aliphatic rings. The molecule has 0 bridgehead atoms. The number of nitrogens with zero attached hydrogens (tertiary/aromatic N) is 4. The monoisotopic (exact) mass is 317 g/mol. The zero-order valence-corrected chi connectivity index (χ0v) is 12.9. The van der Waals surface area contributed by atoms with E-state index in [1.54, 1.807) is 24.5 Å². The van der Waals surface area contributed by atoms with E-state index in [0.717, 1.165) is 0 Å². The number of rotatable bonds is 5. The third-order valence-electron chi connectivity index (χ3n) is 3.89. The lowest BCUT2D eigenvalue weighted by Gasteiger charge is -2.23. The van der Waals surface area contributed by atoms with E-state index < -0.39 is 5.60 Å². The van der Waals surface area contributed by atoms with Gasteiger partial charge in [-0.15, -0.1) is 0 Å².